The molecule has 1 aromatic heterocycles. The fraction of sp³-hybridized carbons (Fsp3) is 0.731. The monoisotopic (exact) mass is 458 g/mol. The van der Waals surface area contributed by atoms with E-state index in [4.69, 9.17) is 4.74 Å². The Labute approximate surface area is 199 Å². The molecule has 0 aromatic carbocycles. The number of carbonyl (C=O) groups is 2. The molecule has 3 rings (SSSR count). The zero-order valence-electron chi connectivity index (χ0n) is 20.6. The molecule has 7 nitrogen and oxygen atoms in total. The molecule has 2 aliphatic rings. The topological polar surface area (TPSA) is 83.6 Å². The Balaban J connectivity index is 1.71. The molecule has 1 spiro atoms. The molecule has 2 fully saturated rings. The molecular weight excluding hydrogens is 416 g/mol. The van der Waals surface area contributed by atoms with Gasteiger partial charge in [0.2, 0.25) is 11.8 Å². The van der Waals surface area contributed by atoms with Gasteiger partial charge in [0.15, 0.2) is 0 Å². The number of ether oxygens (including phenoxy) is 1. The fourth-order valence-corrected chi connectivity index (χ4v) is 4.98. The highest BCUT2D eigenvalue weighted by Gasteiger charge is 2.42. The molecule has 3 heterocycles. The normalized spacial score (nSPS) is 25.9. The maximum Gasteiger partial charge on any atom is 0.242 e. The summed E-state index contributed by atoms with van der Waals surface area (Å²) in [5.74, 6) is 0.271. The molecule has 2 saturated heterocycles. The zero-order valence-corrected chi connectivity index (χ0v) is 20.6. The molecule has 0 unspecified atom stereocenters. The summed E-state index contributed by atoms with van der Waals surface area (Å²) in [5, 5.41) is 6.22. The lowest BCUT2D eigenvalue weighted by Gasteiger charge is -2.41. The smallest absolute Gasteiger partial charge is 0.242 e. The molecule has 2 amide bonds. The number of rotatable bonds is 4. The molecule has 184 valence electrons. The summed E-state index contributed by atoms with van der Waals surface area (Å²) in [4.78, 5) is 33.2. The van der Waals surface area contributed by atoms with Gasteiger partial charge in [-0.2, -0.15) is 0 Å². The van der Waals surface area contributed by atoms with E-state index < -0.39 is 11.5 Å². The summed E-state index contributed by atoms with van der Waals surface area (Å²) in [5.41, 5.74) is 0.847. The molecule has 0 saturated carbocycles. The predicted molar refractivity (Wildman–Crippen MR) is 129 cm³/mol. The number of piperidine rings is 1. The minimum Gasteiger partial charge on any atom is -0.379 e. The Hall–Kier alpha value is -1.99. The number of nitrogens with zero attached hydrogens (tertiary/aromatic N) is 2. The summed E-state index contributed by atoms with van der Waals surface area (Å²) >= 11 is 0. The summed E-state index contributed by atoms with van der Waals surface area (Å²) < 4.78 is 5.77. The molecule has 2 atom stereocenters. The van der Waals surface area contributed by atoms with Crippen LogP contribution in [-0.2, 0) is 20.9 Å². The highest BCUT2D eigenvalue weighted by molar-refractivity contribution is 5.90. The van der Waals surface area contributed by atoms with Crippen LogP contribution in [0.5, 0.6) is 0 Å². The van der Waals surface area contributed by atoms with Crippen molar-refractivity contribution in [3.8, 4) is 0 Å². The maximum atomic E-state index is 13.7. The van der Waals surface area contributed by atoms with Gasteiger partial charge in [0.25, 0.3) is 0 Å². The third-order valence-electron chi connectivity index (χ3n) is 6.98. The van der Waals surface area contributed by atoms with Crippen molar-refractivity contribution in [3.05, 3.63) is 30.1 Å². The van der Waals surface area contributed by atoms with Crippen molar-refractivity contribution < 1.29 is 14.3 Å². The summed E-state index contributed by atoms with van der Waals surface area (Å²) in [6.07, 6.45) is 9.88. The Bertz CT molecular complexity index is 747. The standard InChI is InChI=1S/C26H42N4O3/c1-20(2)17-23-24(31)28-21(3)19-33-16-6-4-5-9-26(25(32)29-23)10-14-30(15-11-26)18-22-7-12-27-13-8-22/h7-8,12-13,20-21,23H,4-6,9-11,14-19H2,1-3H3,(H,28,31)(H,29,32)/t21-,23+/m1/s1. The van der Waals surface area contributed by atoms with Crippen LogP contribution in [0.15, 0.2) is 24.5 Å². The molecular formula is C26H42N4O3. The van der Waals surface area contributed by atoms with Gasteiger partial charge >= 0.3 is 0 Å². The fourth-order valence-electron chi connectivity index (χ4n) is 4.98. The number of hydrogen-bond donors (Lipinski definition) is 2. The quantitative estimate of drug-likeness (QED) is 0.723. The first-order valence-corrected chi connectivity index (χ1v) is 12.7. The van der Waals surface area contributed by atoms with Gasteiger partial charge in [-0.15, -0.1) is 0 Å². The van der Waals surface area contributed by atoms with Crippen molar-refractivity contribution in [3.63, 3.8) is 0 Å². The lowest BCUT2D eigenvalue weighted by atomic mass is 9.73. The van der Waals surface area contributed by atoms with Gasteiger partial charge in [0, 0.05) is 31.6 Å². The van der Waals surface area contributed by atoms with Crippen molar-refractivity contribution >= 4 is 11.8 Å². The van der Waals surface area contributed by atoms with Gasteiger partial charge < -0.3 is 15.4 Å². The molecule has 2 N–H and O–H groups in total. The van der Waals surface area contributed by atoms with Crippen molar-refractivity contribution in [1.82, 2.24) is 20.5 Å². The van der Waals surface area contributed by atoms with Crippen LogP contribution in [0.4, 0.5) is 0 Å². The Morgan fingerprint density at radius 1 is 1.09 bits per heavy atom. The second kappa shape index (κ2) is 12.5. The van der Waals surface area contributed by atoms with Crippen LogP contribution in [-0.4, -0.2) is 60.1 Å². The lowest BCUT2D eigenvalue weighted by molar-refractivity contribution is -0.139. The highest BCUT2D eigenvalue weighted by Crippen LogP contribution is 2.38. The number of amides is 2. The highest BCUT2D eigenvalue weighted by atomic mass is 16.5. The van der Waals surface area contributed by atoms with Crippen molar-refractivity contribution in [2.24, 2.45) is 11.3 Å². The number of hydrogen-bond acceptors (Lipinski definition) is 5. The SMILES string of the molecule is CC(C)C[C@@H]1NC(=O)C2(CCCCCOC[C@@H](C)NC1=O)CCN(Cc1ccncc1)CC2. The first-order chi connectivity index (χ1) is 15.9. The van der Waals surface area contributed by atoms with Crippen LogP contribution in [0.25, 0.3) is 0 Å². The summed E-state index contributed by atoms with van der Waals surface area (Å²) in [6, 6.07) is 3.53. The van der Waals surface area contributed by atoms with E-state index >= 15 is 0 Å². The number of carbonyl (C=O) groups excluding carboxylic acids is 2. The molecule has 33 heavy (non-hydrogen) atoms. The molecule has 7 heteroatoms. The average molecular weight is 459 g/mol. The molecule has 0 radical (unpaired) electrons. The van der Waals surface area contributed by atoms with Crippen LogP contribution < -0.4 is 10.6 Å². The van der Waals surface area contributed by atoms with Crippen molar-refractivity contribution in [1.29, 1.82) is 0 Å². The minimum atomic E-state index is -0.505. The third-order valence-corrected chi connectivity index (χ3v) is 6.98. The van der Waals surface area contributed by atoms with Gasteiger partial charge in [-0.3, -0.25) is 19.5 Å². The molecule has 1 aromatic rings. The van der Waals surface area contributed by atoms with Crippen LogP contribution in [0.3, 0.4) is 0 Å². The largest absolute Gasteiger partial charge is 0.379 e. The number of pyridine rings is 1. The second-order valence-corrected chi connectivity index (χ2v) is 10.4. The maximum absolute atomic E-state index is 13.7. The van der Waals surface area contributed by atoms with E-state index in [0.29, 0.717) is 25.6 Å². The van der Waals surface area contributed by atoms with Gasteiger partial charge in [0.05, 0.1) is 12.0 Å². The Morgan fingerprint density at radius 3 is 2.52 bits per heavy atom. The van der Waals surface area contributed by atoms with E-state index in [1.54, 1.807) is 0 Å². The zero-order chi connectivity index (χ0) is 23.7. The van der Waals surface area contributed by atoms with E-state index in [9.17, 15) is 9.59 Å². The van der Waals surface area contributed by atoms with Crippen LogP contribution in [0.1, 0.15) is 71.3 Å². The van der Waals surface area contributed by atoms with Gasteiger partial charge in [-0.1, -0.05) is 26.7 Å². The average Bonchev–Trinajstić information content (AvgIpc) is 2.79. The Kier molecular flexibility index (Phi) is 9.68. The first kappa shape index (κ1) is 25.6. The van der Waals surface area contributed by atoms with Gasteiger partial charge in [0.1, 0.15) is 6.04 Å². The molecule has 2 aliphatic heterocycles. The van der Waals surface area contributed by atoms with E-state index in [1.807, 2.05) is 19.3 Å². The van der Waals surface area contributed by atoms with Crippen molar-refractivity contribution in [2.45, 2.75) is 84.3 Å². The van der Waals surface area contributed by atoms with Gasteiger partial charge in [-0.05, 0) is 75.7 Å². The third kappa shape index (κ3) is 7.78. The number of aromatic nitrogens is 1. The van der Waals surface area contributed by atoms with E-state index in [-0.39, 0.29) is 17.9 Å². The van der Waals surface area contributed by atoms with Crippen LogP contribution in [0, 0.1) is 11.3 Å². The van der Waals surface area contributed by atoms with E-state index in [1.165, 1.54) is 5.56 Å². The second-order valence-electron chi connectivity index (χ2n) is 10.4. The molecule has 0 bridgehead atoms. The first-order valence-electron chi connectivity index (χ1n) is 12.7. The Morgan fingerprint density at radius 2 is 1.82 bits per heavy atom. The number of likely N-dealkylation sites (tertiary alicyclic amines) is 1. The molecule has 0 aliphatic carbocycles. The minimum absolute atomic E-state index is 0.0628. The number of nitrogens with one attached hydrogen (secondary N) is 2. The van der Waals surface area contributed by atoms with Crippen molar-refractivity contribution in [2.75, 3.05) is 26.3 Å². The predicted octanol–water partition coefficient (Wildman–Crippen LogP) is 3.29. The van der Waals surface area contributed by atoms with E-state index in [2.05, 4.69) is 46.5 Å². The lowest BCUT2D eigenvalue weighted by Crippen LogP contribution is -2.56. The van der Waals surface area contributed by atoms with Gasteiger partial charge in [-0.25, -0.2) is 0 Å². The summed E-state index contributed by atoms with van der Waals surface area (Å²) in [6.45, 7) is 9.99. The summed E-state index contributed by atoms with van der Waals surface area (Å²) in [7, 11) is 0. The van der Waals surface area contributed by atoms with Crippen LogP contribution >= 0.6 is 0 Å². The van der Waals surface area contributed by atoms with Crippen LogP contribution in [0.2, 0.25) is 0 Å². The van der Waals surface area contributed by atoms with E-state index in [0.717, 1.165) is 58.2 Å².